The van der Waals surface area contributed by atoms with Crippen molar-refractivity contribution in [3.63, 3.8) is 0 Å². The van der Waals surface area contributed by atoms with Gasteiger partial charge in [-0.25, -0.2) is 4.79 Å². The fourth-order valence-corrected chi connectivity index (χ4v) is 2.69. The van der Waals surface area contributed by atoms with E-state index in [4.69, 9.17) is 0 Å². The Hall–Kier alpha value is -2.83. The van der Waals surface area contributed by atoms with Gasteiger partial charge in [-0.1, -0.05) is 18.2 Å². The molecule has 0 unspecified atom stereocenters. The van der Waals surface area contributed by atoms with Gasteiger partial charge < -0.3 is 15.5 Å². The molecule has 2 rings (SSSR count). The second kappa shape index (κ2) is 9.03. The van der Waals surface area contributed by atoms with Crippen molar-refractivity contribution in [3.05, 3.63) is 46.8 Å². The Bertz CT molecular complexity index is 748. The zero-order valence-corrected chi connectivity index (χ0v) is 15.8. The summed E-state index contributed by atoms with van der Waals surface area (Å²) in [6.07, 6.45) is 1.94. The molecule has 0 radical (unpaired) electrons. The molecule has 0 spiro atoms. The lowest BCUT2D eigenvalue weighted by Gasteiger charge is -2.14. The van der Waals surface area contributed by atoms with Crippen molar-refractivity contribution in [2.45, 2.75) is 33.1 Å². The van der Waals surface area contributed by atoms with E-state index in [1.807, 2.05) is 32.0 Å². The van der Waals surface area contributed by atoms with Gasteiger partial charge in [0.05, 0.1) is 12.1 Å². The lowest BCUT2D eigenvalue weighted by atomic mass is 10.1. The van der Waals surface area contributed by atoms with Crippen molar-refractivity contribution in [1.82, 2.24) is 20.4 Å². The fourth-order valence-electron chi connectivity index (χ4n) is 2.69. The van der Waals surface area contributed by atoms with Crippen LogP contribution in [0.15, 0.2) is 24.3 Å². The first kappa shape index (κ1) is 19.5. The maximum Gasteiger partial charge on any atom is 0.319 e. The van der Waals surface area contributed by atoms with E-state index >= 15 is 0 Å². The van der Waals surface area contributed by atoms with Crippen LogP contribution >= 0.6 is 0 Å². The highest BCUT2D eigenvalue weighted by Gasteiger charge is 2.11. The monoisotopic (exact) mass is 357 g/mol. The summed E-state index contributed by atoms with van der Waals surface area (Å²) in [5.41, 5.74) is 4.74. The number of benzene rings is 1. The molecular weight excluding hydrogens is 330 g/mol. The number of aryl methyl sites for hydroxylation is 2. The van der Waals surface area contributed by atoms with E-state index in [-0.39, 0.29) is 18.4 Å². The predicted octanol–water partition coefficient (Wildman–Crippen LogP) is 2.41. The van der Waals surface area contributed by atoms with Gasteiger partial charge in [0.25, 0.3) is 0 Å². The molecule has 7 heteroatoms. The van der Waals surface area contributed by atoms with Crippen molar-refractivity contribution in [2.24, 2.45) is 0 Å². The number of nitrogens with one attached hydrogen (secondary N) is 3. The number of rotatable bonds is 7. The van der Waals surface area contributed by atoms with E-state index in [2.05, 4.69) is 20.8 Å². The summed E-state index contributed by atoms with van der Waals surface area (Å²) in [7, 11) is 3.43. The molecule has 140 valence electrons. The SMILES string of the molecule is Cc1n[nH]c(C)c1CCCNC(=O)Nc1ccccc1CC(=O)N(C)C. The van der Waals surface area contributed by atoms with Crippen LogP contribution in [0.25, 0.3) is 0 Å². The Balaban J connectivity index is 1.83. The Morgan fingerprint density at radius 3 is 2.58 bits per heavy atom. The van der Waals surface area contributed by atoms with E-state index in [0.29, 0.717) is 12.2 Å². The van der Waals surface area contributed by atoms with E-state index < -0.39 is 0 Å². The lowest BCUT2D eigenvalue weighted by molar-refractivity contribution is -0.127. The highest BCUT2D eigenvalue weighted by atomic mass is 16.2. The van der Waals surface area contributed by atoms with Gasteiger partial charge in [-0.3, -0.25) is 9.89 Å². The van der Waals surface area contributed by atoms with Gasteiger partial charge in [0.1, 0.15) is 0 Å². The third-order valence-electron chi connectivity index (χ3n) is 4.28. The standard InChI is InChI=1S/C19H27N5O2/c1-13-16(14(2)23-22-13)9-7-11-20-19(26)21-17-10-6-5-8-15(17)12-18(25)24(3)4/h5-6,8,10H,7,9,11-12H2,1-4H3,(H,22,23)(H2,20,21,26). The summed E-state index contributed by atoms with van der Waals surface area (Å²) in [4.78, 5) is 25.6. The van der Waals surface area contributed by atoms with Crippen molar-refractivity contribution in [2.75, 3.05) is 26.0 Å². The highest BCUT2D eigenvalue weighted by molar-refractivity contribution is 5.91. The predicted molar refractivity (Wildman–Crippen MR) is 102 cm³/mol. The lowest BCUT2D eigenvalue weighted by Crippen LogP contribution is -2.30. The van der Waals surface area contributed by atoms with Crippen LogP contribution in [-0.4, -0.2) is 47.7 Å². The molecule has 0 saturated carbocycles. The van der Waals surface area contributed by atoms with Gasteiger partial charge in [0, 0.05) is 32.0 Å². The zero-order valence-electron chi connectivity index (χ0n) is 15.8. The molecule has 2 aromatic rings. The third-order valence-corrected chi connectivity index (χ3v) is 4.28. The molecule has 3 N–H and O–H groups in total. The Morgan fingerprint density at radius 1 is 1.19 bits per heavy atom. The minimum Gasteiger partial charge on any atom is -0.349 e. The van der Waals surface area contributed by atoms with Gasteiger partial charge in [-0.2, -0.15) is 5.10 Å². The summed E-state index contributed by atoms with van der Waals surface area (Å²) >= 11 is 0. The minimum absolute atomic E-state index is 0.00879. The van der Waals surface area contributed by atoms with E-state index in [0.717, 1.165) is 29.8 Å². The molecule has 0 saturated heterocycles. The van der Waals surface area contributed by atoms with Gasteiger partial charge in [0.2, 0.25) is 5.91 Å². The van der Waals surface area contributed by atoms with Crippen molar-refractivity contribution in [3.8, 4) is 0 Å². The summed E-state index contributed by atoms with van der Waals surface area (Å²) in [5, 5.41) is 12.8. The number of hydrogen-bond acceptors (Lipinski definition) is 3. The normalized spacial score (nSPS) is 10.5. The molecule has 0 atom stereocenters. The zero-order chi connectivity index (χ0) is 19.1. The van der Waals surface area contributed by atoms with Crippen LogP contribution in [0.3, 0.4) is 0 Å². The molecule has 3 amide bonds. The Labute approximate surface area is 154 Å². The summed E-state index contributed by atoms with van der Waals surface area (Å²) in [5.74, 6) is -0.00879. The number of carbonyl (C=O) groups is 2. The molecule has 0 fully saturated rings. The smallest absolute Gasteiger partial charge is 0.319 e. The number of H-pyrrole nitrogens is 1. The van der Waals surface area contributed by atoms with Crippen LogP contribution in [0.1, 0.15) is 28.9 Å². The van der Waals surface area contributed by atoms with Crippen molar-refractivity contribution >= 4 is 17.6 Å². The topological polar surface area (TPSA) is 90.1 Å². The van der Waals surface area contributed by atoms with Gasteiger partial charge >= 0.3 is 6.03 Å². The average molecular weight is 357 g/mol. The van der Waals surface area contributed by atoms with Crippen LogP contribution in [-0.2, 0) is 17.6 Å². The molecule has 1 heterocycles. The molecule has 0 bridgehead atoms. The van der Waals surface area contributed by atoms with Gasteiger partial charge in [0.15, 0.2) is 0 Å². The molecule has 1 aromatic carbocycles. The third kappa shape index (κ3) is 5.34. The average Bonchev–Trinajstić information content (AvgIpc) is 2.92. The van der Waals surface area contributed by atoms with E-state index in [1.54, 1.807) is 20.2 Å². The minimum atomic E-state index is -0.268. The van der Waals surface area contributed by atoms with Crippen molar-refractivity contribution < 1.29 is 9.59 Å². The molecule has 26 heavy (non-hydrogen) atoms. The van der Waals surface area contributed by atoms with E-state index in [9.17, 15) is 9.59 Å². The first-order chi connectivity index (χ1) is 12.4. The molecule has 1 aromatic heterocycles. The number of aromatic nitrogens is 2. The maximum atomic E-state index is 12.1. The van der Waals surface area contributed by atoms with Crippen LogP contribution < -0.4 is 10.6 Å². The number of aromatic amines is 1. The molecule has 7 nitrogen and oxygen atoms in total. The number of hydrogen-bond donors (Lipinski definition) is 3. The van der Waals surface area contributed by atoms with Crippen LogP contribution in [0.4, 0.5) is 10.5 Å². The quantitative estimate of drug-likeness (QED) is 0.665. The maximum absolute atomic E-state index is 12.1. The number of carbonyl (C=O) groups excluding carboxylic acids is 2. The van der Waals surface area contributed by atoms with Gasteiger partial charge in [-0.05, 0) is 43.9 Å². The van der Waals surface area contributed by atoms with Crippen LogP contribution in [0.5, 0.6) is 0 Å². The number of nitrogens with zero attached hydrogens (tertiary/aromatic N) is 2. The molecule has 0 aliphatic rings. The Kier molecular flexibility index (Phi) is 6.77. The highest BCUT2D eigenvalue weighted by Crippen LogP contribution is 2.16. The number of likely N-dealkylation sites (N-methyl/N-ethyl adjacent to an activating group) is 1. The summed E-state index contributed by atoms with van der Waals surface area (Å²) in [6, 6.07) is 7.08. The first-order valence-electron chi connectivity index (χ1n) is 8.72. The summed E-state index contributed by atoms with van der Waals surface area (Å²) < 4.78 is 0. The Morgan fingerprint density at radius 2 is 1.92 bits per heavy atom. The van der Waals surface area contributed by atoms with Crippen molar-refractivity contribution in [1.29, 1.82) is 0 Å². The van der Waals surface area contributed by atoms with Crippen LogP contribution in [0, 0.1) is 13.8 Å². The molecule has 0 aliphatic carbocycles. The molecule has 0 aliphatic heterocycles. The second-order valence-electron chi connectivity index (χ2n) is 6.52. The largest absolute Gasteiger partial charge is 0.349 e. The van der Waals surface area contributed by atoms with Gasteiger partial charge in [-0.15, -0.1) is 0 Å². The number of urea groups is 1. The number of anilines is 1. The molecular formula is C19H27N5O2. The number of amides is 3. The fraction of sp³-hybridized carbons (Fsp3) is 0.421. The first-order valence-corrected chi connectivity index (χ1v) is 8.72. The summed E-state index contributed by atoms with van der Waals surface area (Å²) in [6.45, 7) is 4.54. The second-order valence-corrected chi connectivity index (χ2v) is 6.52. The van der Waals surface area contributed by atoms with E-state index in [1.165, 1.54) is 10.5 Å². The number of para-hydroxylation sites is 1. The van der Waals surface area contributed by atoms with Crippen LogP contribution in [0.2, 0.25) is 0 Å².